The lowest BCUT2D eigenvalue weighted by molar-refractivity contribution is -0.141. The summed E-state index contributed by atoms with van der Waals surface area (Å²) in [5, 5.41) is 0. The van der Waals surface area contributed by atoms with Crippen molar-refractivity contribution in [3.05, 3.63) is 11.8 Å². The van der Waals surface area contributed by atoms with E-state index in [2.05, 4.69) is 6.92 Å². The monoisotopic (exact) mass is 306 g/mol. The lowest BCUT2D eigenvalue weighted by Crippen LogP contribution is -2.19. The van der Waals surface area contributed by atoms with E-state index < -0.39 is 0 Å². The number of esters is 1. The number of rotatable bonds is 7. The van der Waals surface area contributed by atoms with Crippen LogP contribution in [-0.2, 0) is 19.1 Å². The molecule has 0 aromatic heterocycles. The van der Waals surface area contributed by atoms with Gasteiger partial charge in [0.1, 0.15) is 11.5 Å². The average Bonchev–Trinajstić information content (AvgIpc) is 2.80. The molecule has 2 atom stereocenters. The van der Waals surface area contributed by atoms with Crippen LogP contribution in [-0.4, -0.2) is 17.5 Å². The lowest BCUT2D eigenvalue weighted by atomic mass is 9.88. The Labute approximate surface area is 132 Å². The van der Waals surface area contributed by atoms with Crippen LogP contribution in [0, 0.1) is 11.8 Å². The second kappa shape index (κ2) is 8.25. The molecule has 0 saturated heterocycles. The van der Waals surface area contributed by atoms with Crippen molar-refractivity contribution < 1.29 is 19.1 Å². The van der Waals surface area contributed by atoms with Crippen LogP contribution in [0.1, 0.15) is 71.1 Å². The van der Waals surface area contributed by atoms with Gasteiger partial charge in [-0.1, -0.05) is 26.2 Å². The Bertz CT molecular complexity index is 464. The van der Waals surface area contributed by atoms with Crippen LogP contribution in [0.25, 0.3) is 0 Å². The Hall–Kier alpha value is -1.45. The molecule has 0 aliphatic heterocycles. The Kier molecular flexibility index (Phi) is 6.34. The quantitative estimate of drug-likeness (QED) is 0.531. The molecule has 0 N–H and O–H groups in total. The molecule has 2 rings (SSSR count). The van der Waals surface area contributed by atoms with Crippen molar-refractivity contribution in [1.29, 1.82) is 0 Å². The van der Waals surface area contributed by atoms with Crippen molar-refractivity contribution >= 4 is 17.5 Å². The van der Waals surface area contributed by atoms with Gasteiger partial charge in [0.2, 0.25) is 0 Å². The van der Waals surface area contributed by atoms with Crippen LogP contribution in [0.2, 0.25) is 0 Å². The van der Waals surface area contributed by atoms with E-state index in [9.17, 15) is 14.4 Å². The number of allylic oxidation sites excluding steroid dienone is 2. The van der Waals surface area contributed by atoms with Gasteiger partial charge in [-0.2, -0.15) is 0 Å². The third kappa shape index (κ3) is 4.79. The predicted octanol–water partition coefficient (Wildman–Crippen LogP) is 3.73. The van der Waals surface area contributed by atoms with Gasteiger partial charge in [0, 0.05) is 37.7 Å². The largest absolute Gasteiger partial charge is 0.431 e. The van der Waals surface area contributed by atoms with Crippen LogP contribution < -0.4 is 0 Å². The molecule has 0 heterocycles. The highest BCUT2D eigenvalue weighted by Crippen LogP contribution is 2.35. The number of carbonyl (C=O) groups is 3. The summed E-state index contributed by atoms with van der Waals surface area (Å²) in [5.41, 5.74) is 0. The molecule has 1 saturated carbocycles. The highest BCUT2D eigenvalue weighted by molar-refractivity contribution is 5.91. The molecule has 0 spiro atoms. The number of unbranched alkanes of at least 4 members (excludes halogenated alkanes) is 2. The minimum Gasteiger partial charge on any atom is -0.431 e. The van der Waals surface area contributed by atoms with Crippen LogP contribution in [0.4, 0.5) is 0 Å². The van der Waals surface area contributed by atoms with Gasteiger partial charge < -0.3 is 4.74 Å². The van der Waals surface area contributed by atoms with Crippen LogP contribution in [0.3, 0.4) is 0 Å². The molecule has 122 valence electrons. The summed E-state index contributed by atoms with van der Waals surface area (Å²) in [6.07, 6.45) is 9.29. The first-order valence-corrected chi connectivity index (χ1v) is 8.57. The summed E-state index contributed by atoms with van der Waals surface area (Å²) in [6, 6.07) is 0. The fraction of sp³-hybridized carbons (Fsp3) is 0.722. The summed E-state index contributed by atoms with van der Waals surface area (Å²) in [6.45, 7) is 2.14. The highest BCUT2D eigenvalue weighted by atomic mass is 16.5. The van der Waals surface area contributed by atoms with Gasteiger partial charge in [0.15, 0.2) is 5.78 Å². The van der Waals surface area contributed by atoms with Crippen LogP contribution in [0.15, 0.2) is 11.8 Å². The van der Waals surface area contributed by atoms with Gasteiger partial charge in [-0.25, -0.2) is 0 Å². The number of ether oxygens (including phenoxy) is 1. The number of hydrogen-bond acceptors (Lipinski definition) is 4. The third-order valence-corrected chi connectivity index (χ3v) is 4.70. The SMILES string of the molecule is CCCCCC1C(=O)CCC1CC(=O)OC1=CC(=O)CCC1. The molecule has 0 bridgehead atoms. The smallest absolute Gasteiger partial charge is 0.311 e. The lowest BCUT2D eigenvalue weighted by Gasteiger charge is -2.18. The summed E-state index contributed by atoms with van der Waals surface area (Å²) >= 11 is 0. The summed E-state index contributed by atoms with van der Waals surface area (Å²) in [4.78, 5) is 35.4. The molecule has 2 unspecified atom stereocenters. The molecule has 22 heavy (non-hydrogen) atoms. The second-order valence-corrected chi connectivity index (χ2v) is 6.48. The zero-order valence-corrected chi connectivity index (χ0v) is 13.4. The fourth-order valence-electron chi connectivity index (χ4n) is 3.48. The van der Waals surface area contributed by atoms with Crippen molar-refractivity contribution in [2.75, 3.05) is 0 Å². The first kappa shape index (κ1) is 16.9. The van der Waals surface area contributed by atoms with Crippen molar-refractivity contribution in [3.8, 4) is 0 Å². The van der Waals surface area contributed by atoms with Crippen molar-refractivity contribution in [2.24, 2.45) is 11.8 Å². The molecule has 0 aromatic rings. The molecule has 1 fully saturated rings. The maximum Gasteiger partial charge on any atom is 0.311 e. The van der Waals surface area contributed by atoms with Gasteiger partial charge in [-0.3, -0.25) is 14.4 Å². The van der Waals surface area contributed by atoms with E-state index in [-0.39, 0.29) is 23.6 Å². The van der Waals surface area contributed by atoms with E-state index in [1.165, 1.54) is 6.08 Å². The Morgan fingerprint density at radius 3 is 2.77 bits per heavy atom. The molecule has 0 radical (unpaired) electrons. The predicted molar refractivity (Wildman–Crippen MR) is 83.0 cm³/mol. The van der Waals surface area contributed by atoms with Gasteiger partial charge in [0.25, 0.3) is 0 Å². The van der Waals surface area contributed by atoms with E-state index in [0.717, 1.165) is 38.5 Å². The second-order valence-electron chi connectivity index (χ2n) is 6.48. The molecular formula is C18H26O4. The molecule has 0 aromatic carbocycles. The van der Waals surface area contributed by atoms with E-state index >= 15 is 0 Å². The van der Waals surface area contributed by atoms with Gasteiger partial charge in [0.05, 0.1) is 0 Å². The summed E-state index contributed by atoms with van der Waals surface area (Å²) < 4.78 is 5.32. The van der Waals surface area contributed by atoms with Crippen LogP contribution >= 0.6 is 0 Å². The summed E-state index contributed by atoms with van der Waals surface area (Å²) in [7, 11) is 0. The molecule has 4 heteroatoms. The van der Waals surface area contributed by atoms with E-state index in [0.29, 0.717) is 37.2 Å². The molecule has 2 aliphatic carbocycles. The maximum absolute atomic E-state index is 12.1. The van der Waals surface area contributed by atoms with E-state index in [4.69, 9.17) is 4.74 Å². The Morgan fingerprint density at radius 1 is 1.23 bits per heavy atom. The first-order chi connectivity index (χ1) is 10.6. The standard InChI is InChI=1S/C18H26O4/c1-2-3-4-8-16-13(9-10-17(16)20)11-18(21)22-15-7-5-6-14(19)12-15/h12-13,16H,2-11H2,1H3. The number of Topliss-reactive ketones (excluding diaryl/α,β-unsaturated/α-hetero) is 1. The van der Waals surface area contributed by atoms with Crippen LogP contribution in [0.5, 0.6) is 0 Å². The number of hydrogen-bond donors (Lipinski definition) is 0. The Balaban J connectivity index is 1.84. The van der Waals surface area contributed by atoms with Crippen molar-refractivity contribution in [2.45, 2.75) is 71.1 Å². The summed E-state index contributed by atoms with van der Waals surface area (Å²) in [5.74, 6) is 0.690. The number of ketones is 2. The topological polar surface area (TPSA) is 60.4 Å². The third-order valence-electron chi connectivity index (χ3n) is 4.70. The maximum atomic E-state index is 12.1. The first-order valence-electron chi connectivity index (χ1n) is 8.57. The van der Waals surface area contributed by atoms with E-state index in [1.807, 2.05) is 0 Å². The van der Waals surface area contributed by atoms with Gasteiger partial charge in [-0.15, -0.1) is 0 Å². The zero-order chi connectivity index (χ0) is 15.9. The normalized spacial score (nSPS) is 25.2. The molecule has 0 amide bonds. The van der Waals surface area contributed by atoms with E-state index in [1.54, 1.807) is 0 Å². The van der Waals surface area contributed by atoms with Gasteiger partial charge in [-0.05, 0) is 25.2 Å². The minimum absolute atomic E-state index is 0.0288. The molecular weight excluding hydrogens is 280 g/mol. The fourth-order valence-corrected chi connectivity index (χ4v) is 3.48. The Morgan fingerprint density at radius 2 is 2.05 bits per heavy atom. The minimum atomic E-state index is -0.291. The average molecular weight is 306 g/mol. The molecule has 2 aliphatic rings. The van der Waals surface area contributed by atoms with Crippen molar-refractivity contribution in [3.63, 3.8) is 0 Å². The highest BCUT2D eigenvalue weighted by Gasteiger charge is 2.35. The molecule has 4 nitrogen and oxygen atoms in total. The number of carbonyl (C=O) groups excluding carboxylic acids is 3. The zero-order valence-electron chi connectivity index (χ0n) is 13.4. The van der Waals surface area contributed by atoms with Gasteiger partial charge >= 0.3 is 5.97 Å². The van der Waals surface area contributed by atoms with Crippen molar-refractivity contribution in [1.82, 2.24) is 0 Å².